The third kappa shape index (κ3) is 28.1. The Morgan fingerprint density at radius 1 is 0.354 bits per heavy atom. The minimum Gasteiger partial charge on any atom is -0.744 e. The smallest absolute Gasteiger partial charge is 0.744 e. The minimum absolute atomic E-state index is 0. The standard InChI is InChI=1S/2C26H46N2O3S.Ca/c2*1-2-3-4-5-6-7-8-9-10-11-12-13-14-15-16-17-18-19-26-27-24-21-20-23(32(29,30)31)22-25(24)28-26;/h2*20-22,26-28H,2-19H2,1H3,(H,29,30,31);/q;;+2/p-2. The van der Waals surface area contributed by atoms with E-state index in [1.807, 2.05) is 0 Å². The second-order valence-electron chi connectivity index (χ2n) is 18.9. The van der Waals surface area contributed by atoms with Crippen molar-refractivity contribution in [2.75, 3.05) is 21.3 Å². The number of rotatable bonds is 38. The Labute approximate surface area is 428 Å². The Balaban J connectivity index is 0.000000440. The Kier molecular flexibility index (Phi) is 33.8. The fourth-order valence-corrected chi connectivity index (χ4v) is 10.1. The molecule has 4 rings (SSSR count). The van der Waals surface area contributed by atoms with Crippen LogP contribution in [0.5, 0.6) is 0 Å². The molecule has 13 heteroatoms. The summed E-state index contributed by atoms with van der Waals surface area (Å²) in [5.74, 6) is 0. The van der Waals surface area contributed by atoms with Crippen LogP contribution in [0.15, 0.2) is 46.2 Å². The van der Waals surface area contributed by atoms with Gasteiger partial charge in [-0.1, -0.05) is 219 Å². The second-order valence-corrected chi connectivity index (χ2v) is 21.7. The summed E-state index contributed by atoms with van der Waals surface area (Å²) in [4.78, 5) is -0.354. The van der Waals surface area contributed by atoms with Crippen LogP contribution in [0.25, 0.3) is 0 Å². The van der Waals surface area contributed by atoms with Gasteiger partial charge >= 0.3 is 37.7 Å². The summed E-state index contributed by atoms with van der Waals surface area (Å²) in [6.07, 6.45) is 48.8. The molecule has 65 heavy (non-hydrogen) atoms. The van der Waals surface area contributed by atoms with Crippen molar-refractivity contribution < 1.29 is 25.9 Å². The molecule has 0 saturated heterocycles. The van der Waals surface area contributed by atoms with Crippen molar-refractivity contribution in [3.05, 3.63) is 36.4 Å². The maximum absolute atomic E-state index is 11.2. The normalized spacial score (nSPS) is 15.1. The molecular formula is C52H90CaN4O6S2. The van der Waals surface area contributed by atoms with E-state index in [4.69, 9.17) is 0 Å². The maximum atomic E-state index is 11.2. The van der Waals surface area contributed by atoms with E-state index < -0.39 is 20.2 Å². The molecule has 2 aromatic rings. The fourth-order valence-electron chi connectivity index (χ4n) is 9.11. The number of anilines is 4. The summed E-state index contributed by atoms with van der Waals surface area (Å²) in [6.45, 7) is 4.56. The van der Waals surface area contributed by atoms with E-state index in [9.17, 15) is 25.9 Å². The van der Waals surface area contributed by atoms with E-state index >= 15 is 0 Å². The van der Waals surface area contributed by atoms with Gasteiger partial charge in [0, 0.05) is 0 Å². The van der Waals surface area contributed by atoms with E-state index in [0.717, 1.165) is 37.1 Å². The summed E-state index contributed by atoms with van der Waals surface area (Å²) in [5.41, 5.74) is 3.15. The number of nitrogens with one attached hydrogen (secondary N) is 4. The largest absolute Gasteiger partial charge is 2.00 e. The summed E-state index contributed by atoms with van der Waals surface area (Å²) in [5, 5.41) is 13.3. The topological polar surface area (TPSA) is 163 Å². The summed E-state index contributed by atoms with van der Waals surface area (Å²) in [7, 11) is -8.81. The zero-order valence-electron chi connectivity index (χ0n) is 41.0. The summed E-state index contributed by atoms with van der Waals surface area (Å²) in [6, 6.07) is 8.93. The van der Waals surface area contributed by atoms with Crippen molar-refractivity contribution in [3.63, 3.8) is 0 Å². The summed E-state index contributed by atoms with van der Waals surface area (Å²) >= 11 is 0. The van der Waals surface area contributed by atoms with Crippen molar-refractivity contribution in [2.24, 2.45) is 0 Å². The van der Waals surface area contributed by atoms with E-state index in [2.05, 4.69) is 35.1 Å². The van der Waals surface area contributed by atoms with E-state index in [-0.39, 0.29) is 59.9 Å². The molecule has 4 N–H and O–H groups in total. The second kappa shape index (κ2) is 36.7. The minimum atomic E-state index is -4.41. The van der Waals surface area contributed by atoms with E-state index in [1.165, 1.54) is 230 Å². The Morgan fingerprint density at radius 2 is 0.569 bits per heavy atom. The molecule has 0 spiro atoms. The van der Waals surface area contributed by atoms with Gasteiger partial charge < -0.3 is 30.4 Å². The Morgan fingerprint density at radius 3 is 0.800 bits per heavy atom. The Hall–Kier alpha value is -1.28. The molecular weight excluding hydrogens is 881 g/mol. The zero-order chi connectivity index (χ0) is 46.1. The molecule has 0 bridgehead atoms. The van der Waals surface area contributed by atoms with Crippen LogP contribution in [0.2, 0.25) is 0 Å². The fraction of sp³-hybridized carbons (Fsp3) is 0.769. The molecule has 0 saturated carbocycles. The average molecular weight is 972 g/mol. The van der Waals surface area contributed by atoms with Crippen molar-refractivity contribution in [3.8, 4) is 0 Å². The number of hydrogen-bond acceptors (Lipinski definition) is 10. The molecule has 0 aliphatic carbocycles. The van der Waals surface area contributed by atoms with Crippen LogP contribution in [-0.4, -0.2) is 76.0 Å². The van der Waals surface area contributed by atoms with Gasteiger partial charge in [0.05, 0.1) is 44.9 Å². The maximum Gasteiger partial charge on any atom is 2.00 e. The number of fused-ring (bicyclic) bond motifs is 2. The molecule has 0 amide bonds. The van der Waals surface area contributed by atoms with Gasteiger partial charge in [-0.25, -0.2) is 16.8 Å². The first kappa shape index (κ1) is 59.8. The summed E-state index contributed by atoms with van der Waals surface area (Å²) < 4.78 is 66.9. The van der Waals surface area contributed by atoms with Crippen molar-refractivity contribution in [1.29, 1.82) is 0 Å². The van der Waals surface area contributed by atoms with E-state index in [1.54, 1.807) is 12.1 Å². The first-order valence-corrected chi connectivity index (χ1v) is 29.1. The van der Waals surface area contributed by atoms with Crippen LogP contribution in [0.3, 0.4) is 0 Å². The van der Waals surface area contributed by atoms with Crippen LogP contribution in [-0.2, 0) is 20.2 Å². The van der Waals surface area contributed by atoms with Crippen molar-refractivity contribution in [1.82, 2.24) is 0 Å². The van der Waals surface area contributed by atoms with Gasteiger partial charge in [0.2, 0.25) is 0 Å². The number of benzene rings is 2. The molecule has 2 heterocycles. The third-order valence-electron chi connectivity index (χ3n) is 13.1. The van der Waals surface area contributed by atoms with Gasteiger partial charge in [-0.2, -0.15) is 0 Å². The van der Waals surface area contributed by atoms with Crippen LogP contribution in [0.1, 0.15) is 245 Å². The zero-order valence-corrected chi connectivity index (χ0v) is 44.9. The van der Waals surface area contributed by atoms with Crippen molar-refractivity contribution in [2.45, 2.75) is 267 Å². The van der Waals surface area contributed by atoms with Crippen LogP contribution in [0.4, 0.5) is 22.7 Å². The first-order chi connectivity index (χ1) is 31.0. The number of unbranched alkanes of at least 4 members (excludes halogenated alkanes) is 32. The molecule has 2 aliphatic rings. The molecule has 2 aromatic carbocycles. The molecule has 2 atom stereocenters. The van der Waals surface area contributed by atoms with Gasteiger partial charge in [0.25, 0.3) is 0 Å². The van der Waals surface area contributed by atoms with Gasteiger partial charge in [-0.05, 0) is 62.1 Å². The predicted molar refractivity (Wildman–Crippen MR) is 274 cm³/mol. The average Bonchev–Trinajstić information content (AvgIpc) is 3.88. The van der Waals surface area contributed by atoms with Crippen LogP contribution >= 0.6 is 0 Å². The van der Waals surface area contributed by atoms with E-state index in [0.29, 0.717) is 11.4 Å². The molecule has 2 aliphatic heterocycles. The molecule has 368 valence electrons. The van der Waals surface area contributed by atoms with Gasteiger partial charge in [-0.15, -0.1) is 0 Å². The molecule has 0 radical (unpaired) electrons. The molecule has 0 aromatic heterocycles. The van der Waals surface area contributed by atoms with Crippen LogP contribution in [0, 0.1) is 0 Å². The third-order valence-corrected chi connectivity index (χ3v) is 14.7. The number of hydrogen-bond donors (Lipinski definition) is 4. The van der Waals surface area contributed by atoms with Crippen LogP contribution < -0.4 is 21.3 Å². The first-order valence-electron chi connectivity index (χ1n) is 26.3. The monoisotopic (exact) mass is 971 g/mol. The van der Waals surface area contributed by atoms with Gasteiger partial charge in [0.1, 0.15) is 20.2 Å². The SMILES string of the molecule is CCCCCCCCCCCCCCCCCCCC1Nc2ccc(S(=O)(=O)[O-])cc2N1.CCCCCCCCCCCCCCCCCCCC1Nc2ccc(S(=O)(=O)[O-])cc2N1.[Ca+2]. The Bertz CT molecular complexity index is 1610. The van der Waals surface area contributed by atoms with Gasteiger partial charge in [-0.3, -0.25) is 0 Å². The van der Waals surface area contributed by atoms with Crippen molar-refractivity contribution >= 4 is 80.7 Å². The molecule has 10 nitrogen and oxygen atoms in total. The quantitative estimate of drug-likeness (QED) is 0.0289. The molecule has 2 unspecified atom stereocenters. The predicted octanol–water partition coefficient (Wildman–Crippen LogP) is 15.2. The van der Waals surface area contributed by atoms with Gasteiger partial charge in [0.15, 0.2) is 0 Å². The molecule has 0 fully saturated rings.